The van der Waals surface area contributed by atoms with Crippen LogP contribution in [0.3, 0.4) is 0 Å². The lowest BCUT2D eigenvalue weighted by atomic mass is 10.0. The molecule has 10 nitrogen and oxygen atoms in total. The first-order valence-corrected chi connectivity index (χ1v) is 32.0. The number of aliphatic carboxylic acids is 2. The first-order valence-electron chi connectivity index (χ1n) is 32.0. The Morgan fingerprint density at radius 3 is 0.581 bits per heavy atom. The average Bonchev–Trinajstić information content (AvgIpc) is 3.38. The highest BCUT2D eigenvalue weighted by atomic mass is 16.5. The number of ether oxygens (including phenoxy) is 3. The highest BCUT2D eigenvalue weighted by Gasteiger charge is 2.06. The zero-order chi connectivity index (χ0) is 55.5. The number of hydrogen-bond acceptors (Lipinski definition) is 8. The van der Waals surface area contributed by atoms with E-state index in [1.807, 2.05) is 0 Å². The van der Waals surface area contributed by atoms with Gasteiger partial charge in [-0.2, -0.15) is 0 Å². The SMILES string of the molecule is CCCCCCCCCC.CCCCCCCCCCCCCCCC(=O)O.CCCCCCCCOC(=O)CCCCCCCCC(=O)OCCCCCCCC.CCCCOC(=O)CCCCCCC(=O)O. The minimum absolute atomic E-state index is 0.0448. The molecule has 0 bridgehead atoms. The molecule has 0 heterocycles. The summed E-state index contributed by atoms with van der Waals surface area (Å²) in [5, 5.41) is 16.9. The van der Waals surface area contributed by atoms with Crippen molar-refractivity contribution in [1.29, 1.82) is 0 Å². The van der Waals surface area contributed by atoms with Crippen molar-refractivity contribution in [2.75, 3.05) is 19.8 Å². The van der Waals surface area contributed by atoms with E-state index in [-0.39, 0.29) is 24.3 Å². The van der Waals surface area contributed by atoms with E-state index in [1.54, 1.807) is 0 Å². The highest BCUT2D eigenvalue weighted by Crippen LogP contribution is 2.15. The molecule has 0 aromatic heterocycles. The van der Waals surface area contributed by atoms with E-state index >= 15 is 0 Å². The molecule has 0 saturated heterocycles. The molecule has 0 aromatic carbocycles. The van der Waals surface area contributed by atoms with E-state index in [4.69, 9.17) is 24.4 Å². The van der Waals surface area contributed by atoms with Crippen molar-refractivity contribution in [2.24, 2.45) is 0 Å². The third kappa shape index (κ3) is 83.3. The molecule has 0 aliphatic rings. The Labute approximate surface area is 458 Å². The molecule has 0 unspecified atom stereocenters. The van der Waals surface area contributed by atoms with Gasteiger partial charge in [0, 0.05) is 32.1 Å². The zero-order valence-corrected chi connectivity index (χ0v) is 50.1. The normalized spacial score (nSPS) is 10.6. The number of esters is 3. The molecule has 0 aromatic rings. The molecule has 0 saturated carbocycles. The molecule has 442 valence electrons. The van der Waals surface area contributed by atoms with E-state index in [9.17, 15) is 24.0 Å². The second-order valence-corrected chi connectivity index (χ2v) is 21.0. The van der Waals surface area contributed by atoms with Crippen LogP contribution in [0.2, 0.25) is 0 Å². The molecular formula is C64H126O10. The summed E-state index contributed by atoms with van der Waals surface area (Å²) >= 11 is 0. The zero-order valence-electron chi connectivity index (χ0n) is 50.1. The van der Waals surface area contributed by atoms with Crippen LogP contribution < -0.4 is 0 Å². The number of carbonyl (C=O) groups excluding carboxylic acids is 3. The van der Waals surface area contributed by atoms with Gasteiger partial charge < -0.3 is 24.4 Å². The van der Waals surface area contributed by atoms with Crippen LogP contribution in [-0.4, -0.2) is 59.9 Å². The summed E-state index contributed by atoms with van der Waals surface area (Å²) < 4.78 is 15.6. The standard InChI is InChI=1S/C26H50O4.C16H32O2.C12H22O4.C10H22/c1-3-5-7-9-15-19-23-29-25(27)21-17-13-11-12-14-18-22-26(28)30-24-20-16-10-8-6-4-2;1-2-3-4-5-6-7-8-9-10-11-12-13-14-15-16(17)18;1-2-3-10-16-12(15)9-7-5-4-6-8-11(13)14;1-3-5-7-9-10-8-6-4-2/h3-24H2,1-2H3;2-15H2,1H3,(H,17,18);2-10H2,1H3,(H,13,14);3-10H2,1-2H3. The van der Waals surface area contributed by atoms with Gasteiger partial charge in [-0.05, 0) is 51.4 Å². The minimum atomic E-state index is -0.751. The second kappa shape index (κ2) is 72.4. The summed E-state index contributed by atoms with van der Waals surface area (Å²) in [6.07, 6.45) is 56.5. The van der Waals surface area contributed by atoms with Gasteiger partial charge in [-0.3, -0.25) is 24.0 Å². The molecule has 0 aliphatic carbocycles. The first kappa shape index (κ1) is 77.8. The van der Waals surface area contributed by atoms with Gasteiger partial charge in [0.05, 0.1) is 19.8 Å². The van der Waals surface area contributed by atoms with Gasteiger partial charge in [-0.25, -0.2) is 0 Å². The van der Waals surface area contributed by atoms with Crippen LogP contribution in [0.15, 0.2) is 0 Å². The number of unbranched alkanes of at least 4 members (excludes halogenated alkanes) is 38. The minimum Gasteiger partial charge on any atom is -0.481 e. The average molecular weight is 1060 g/mol. The molecule has 0 fully saturated rings. The number of rotatable bonds is 54. The number of carboxylic acid groups (broad SMARTS) is 2. The second-order valence-electron chi connectivity index (χ2n) is 21.0. The van der Waals surface area contributed by atoms with Gasteiger partial charge in [0.15, 0.2) is 0 Å². The molecule has 0 radical (unpaired) electrons. The smallest absolute Gasteiger partial charge is 0.305 e. The molecule has 10 heteroatoms. The van der Waals surface area contributed by atoms with Crippen molar-refractivity contribution in [3.05, 3.63) is 0 Å². The van der Waals surface area contributed by atoms with Crippen molar-refractivity contribution in [3.63, 3.8) is 0 Å². The molecule has 0 atom stereocenters. The molecule has 0 amide bonds. The Hall–Kier alpha value is -2.65. The number of hydrogen-bond donors (Lipinski definition) is 2. The maximum absolute atomic E-state index is 11.7. The molecule has 74 heavy (non-hydrogen) atoms. The van der Waals surface area contributed by atoms with Crippen molar-refractivity contribution < 1.29 is 48.4 Å². The van der Waals surface area contributed by atoms with E-state index in [2.05, 4.69) is 41.5 Å². The van der Waals surface area contributed by atoms with Crippen LogP contribution in [0, 0.1) is 0 Å². The van der Waals surface area contributed by atoms with Gasteiger partial charge >= 0.3 is 29.8 Å². The van der Waals surface area contributed by atoms with Crippen LogP contribution in [0.5, 0.6) is 0 Å². The Kier molecular flexibility index (Phi) is 76.2. The number of carboxylic acids is 2. The quantitative estimate of drug-likeness (QED) is 0.0342. The highest BCUT2D eigenvalue weighted by molar-refractivity contribution is 5.70. The van der Waals surface area contributed by atoms with Gasteiger partial charge in [0.2, 0.25) is 0 Å². The Morgan fingerprint density at radius 1 is 0.216 bits per heavy atom. The molecule has 0 rings (SSSR count). The maximum Gasteiger partial charge on any atom is 0.305 e. The fraction of sp³-hybridized carbons (Fsp3) is 0.922. The lowest BCUT2D eigenvalue weighted by Crippen LogP contribution is -2.06. The van der Waals surface area contributed by atoms with Crippen LogP contribution in [0.25, 0.3) is 0 Å². The number of carbonyl (C=O) groups is 5. The maximum atomic E-state index is 11.7. The summed E-state index contributed by atoms with van der Waals surface area (Å²) in [6.45, 7) is 15.0. The summed E-state index contributed by atoms with van der Waals surface area (Å²) in [6, 6.07) is 0. The molecular weight excluding hydrogens is 929 g/mol. The van der Waals surface area contributed by atoms with Crippen LogP contribution in [0.1, 0.15) is 363 Å². The largest absolute Gasteiger partial charge is 0.481 e. The molecule has 0 aliphatic heterocycles. The van der Waals surface area contributed by atoms with E-state index < -0.39 is 11.9 Å². The van der Waals surface area contributed by atoms with Crippen molar-refractivity contribution in [1.82, 2.24) is 0 Å². The third-order valence-electron chi connectivity index (χ3n) is 13.3. The van der Waals surface area contributed by atoms with Crippen molar-refractivity contribution >= 4 is 29.8 Å². The monoisotopic (exact) mass is 1050 g/mol. The Bertz CT molecular complexity index is 1080. The summed E-state index contributed by atoms with van der Waals surface area (Å²) in [5.74, 6) is -1.63. The van der Waals surface area contributed by atoms with E-state index in [0.29, 0.717) is 51.9 Å². The van der Waals surface area contributed by atoms with Gasteiger partial charge in [-0.15, -0.1) is 0 Å². The van der Waals surface area contributed by atoms with Crippen LogP contribution >= 0.6 is 0 Å². The van der Waals surface area contributed by atoms with Crippen molar-refractivity contribution in [3.8, 4) is 0 Å². The summed E-state index contributed by atoms with van der Waals surface area (Å²) in [4.78, 5) is 55.0. The summed E-state index contributed by atoms with van der Waals surface area (Å²) in [5.41, 5.74) is 0. The fourth-order valence-electron chi connectivity index (χ4n) is 8.33. The third-order valence-corrected chi connectivity index (χ3v) is 13.3. The van der Waals surface area contributed by atoms with Crippen LogP contribution in [0.4, 0.5) is 0 Å². The molecule has 0 spiro atoms. The van der Waals surface area contributed by atoms with Crippen molar-refractivity contribution in [2.45, 2.75) is 363 Å². The first-order chi connectivity index (χ1) is 36.1. The lowest BCUT2D eigenvalue weighted by Gasteiger charge is -2.06. The van der Waals surface area contributed by atoms with Gasteiger partial charge in [0.25, 0.3) is 0 Å². The lowest BCUT2D eigenvalue weighted by molar-refractivity contribution is -0.144. The van der Waals surface area contributed by atoms with E-state index in [0.717, 1.165) is 96.3 Å². The Morgan fingerprint density at radius 2 is 0.378 bits per heavy atom. The predicted molar refractivity (Wildman–Crippen MR) is 313 cm³/mol. The van der Waals surface area contributed by atoms with Crippen LogP contribution in [-0.2, 0) is 38.2 Å². The molecule has 2 N–H and O–H groups in total. The van der Waals surface area contributed by atoms with Gasteiger partial charge in [0.1, 0.15) is 0 Å². The van der Waals surface area contributed by atoms with Gasteiger partial charge in [-0.1, -0.05) is 279 Å². The predicted octanol–water partition coefficient (Wildman–Crippen LogP) is 20.4. The fourth-order valence-corrected chi connectivity index (χ4v) is 8.33. The Balaban J connectivity index is -0.000000477. The topological polar surface area (TPSA) is 154 Å². The summed E-state index contributed by atoms with van der Waals surface area (Å²) in [7, 11) is 0. The van der Waals surface area contributed by atoms with E-state index in [1.165, 1.54) is 186 Å².